The minimum atomic E-state index is 0.0497. The number of benzene rings is 2. The van der Waals surface area contributed by atoms with Crippen molar-refractivity contribution in [3.63, 3.8) is 0 Å². The molecule has 0 saturated carbocycles. The lowest BCUT2D eigenvalue weighted by atomic mass is 10.1. The van der Waals surface area contributed by atoms with Gasteiger partial charge >= 0.3 is 0 Å². The second kappa shape index (κ2) is 13.9. The Labute approximate surface area is 202 Å². The Morgan fingerprint density at radius 3 is 2.38 bits per heavy atom. The normalized spacial score (nSPS) is 11.0. The van der Waals surface area contributed by atoms with E-state index in [9.17, 15) is 4.79 Å². The highest BCUT2D eigenvalue weighted by Crippen LogP contribution is 2.27. The van der Waals surface area contributed by atoms with Gasteiger partial charge in [0.05, 0.1) is 14.2 Å². The highest BCUT2D eigenvalue weighted by atomic mass is 16.5. The van der Waals surface area contributed by atoms with Crippen molar-refractivity contribution in [2.24, 2.45) is 0 Å². The molecule has 0 bridgehead atoms. The largest absolute Gasteiger partial charge is 0.493 e. The maximum Gasteiger partial charge on any atom is 0.223 e. The molecule has 2 N–H and O–H groups in total. The average molecular weight is 462 g/mol. The van der Waals surface area contributed by atoms with E-state index in [1.165, 1.54) is 5.56 Å². The molecule has 0 aliphatic carbocycles. The molecule has 1 heterocycles. The van der Waals surface area contributed by atoms with Crippen molar-refractivity contribution in [1.82, 2.24) is 15.2 Å². The summed E-state index contributed by atoms with van der Waals surface area (Å²) in [6, 6.07) is 18.3. The fourth-order valence-electron chi connectivity index (χ4n) is 3.66. The zero-order valence-corrected chi connectivity index (χ0v) is 20.1. The third-order valence-corrected chi connectivity index (χ3v) is 5.53. The Balaban J connectivity index is 1.22. The van der Waals surface area contributed by atoms with Crippen LogP contribution in [0.1, 0.15) is 30.4 Å². The van der Waals surface area contributed by atoms with Gasteiger partial charge in [-0.3, -0.25) is 4.79 Å². The van der Waals surface area contributed by atoms with Gasteiger partial charge in [-0.25, -0.2) is 0 Å². The van der Waals surface area contributed by atoms with Crippen LogP contribution < -0.4 is 20.1 Å². The zero-order chi connectivity index (χ0) is 24.0. The van der Waals surface area contributed by atoms with Gasteiger partial charge in [0, 0.05) is 31.0 Å². The molecular weight excluding hydrogens is 426 g/mol. The summed E-state index contributed by atoms with van der Waals surface area (Å²) in [5, 5.41) is 6.41. The molecule has 0 unspecified atom stereocenters. The third-order valence-electron chi connectivity index (χ3n) is 5.53. The molecule has 0 radical (unpaired) electrons. The number of nitrogens with one attached hydrogen (secondary N) is 2. The molecule has 1 amide bonds. The highest BCUT2D eigenvalue weighted by molar-refractivity contribution is 5.78. The molecule has 34 heavy (non-hydrogen) atoms. The van der Waals surface area contributed by atoms with Crippen LogP contribution in [0.5, 0.6) is 11.5 Å². The van der Waals surface area contributed by atoms with Crippen LogP contribution in [-0.4, -0.2) is 44.3 Å². The summed E-state index contributed by atoms with van der Waals surface area (Å²) < 4.78 is 12.7. The number of carbonyl (C=O) groups is 1. The minimum Gasteiger partial charge on any atom is -0.493 e. The number of ether oxygens (including phenoxy) is 2. The first-order chi connectivity index (χ1) is 16.7. The molecule has 6 heteroatoms. The number of carbonyl (C=O) groups excluding carboxylic acids is 1. The summed E-state index contributed by atoms with van der Waals surface area (Å²) in [4.78, 5) is 12.0. The van der Waals surface area contributed by atoms with Gasteiger partial charge in [-0.1, -0.05) is 30.4 Å². The van der Waals surface area contributed by atoms with Gasteiger partial charge in [0.25, 0.3) is 0 Å². The smallest absolute Gasteiger partial charge is 0.223 e. The molecule has 0 atom stereocenters. The average Bonchev–Trinajstić information content (AvgIpc) is 3.41. The van der Waals surface area contributed by atoms with Gasteiger partial charge in [0.15, 0.2) is 11.5 Å². The lowest BCUT2D eigenvalue weighted by Gasteiger charge is -2.10. The van der Waals surface area contributed by atoms with Crippen LogP contribution in [0.25, 0.3) is 11.8 Å². The molecule has 6 nitrogen and oxygen atoms in total. The lowest BCUT2D eigenvalue weighted by Crippen LogP contribution is -2.27. The van der Waals surface area contributed by atoms with Gasteiger partial charge < -0.3 is 24.7 Å². The van der Waals surface area contributed by atoms with Gasteiger partial charge in [0.2, 0.25) is 5.91 Å². The lowest BCUT2D eigenvalue weighted by molar-refractivity contribution is -0.120. The first-order valence-electron chi connectivity index (χ1n) is 11.8. The van der Waals surface area contributed by atoms with Crippen LogP contribution in [0.15, 0.2) is 73.1 Å². The van der Waals surface area contributed by atoms with Gasteiger partial charge in [0.1, 0.15) is 0 Å². The van der Waals surface area contributed by atoms with E-state index in [0.717, 1.165) is 55.1 Å². The SMILES string of the molecule is COc1ccc(CCCNCCCNC(=O)C/C=C/c2ccc(-n3cccc3)cc2)cc1OC. The molecular formula is C28H35N3O3. The van der Waals surface area contributed by atoms with E-state index in [0.29, 0.717) is 13.0 Å². The van der Waals surface area contributed by atoms with Crippen molar-refractivity contribution < 1.29 is 14.3 Å². The van der Waals surface area contributed by atoms with E-state index in [1.54, 1.807) is 14.2 Å². The zero-order valence-electron chi connectivity index (χ0n) is 20.1. The predicted octanol–water partition coefficient (Wildman–Crippen LogP) is 4.63. The highest BCUT2D eigenvalue weighted by Gasteiger charge is 2.04. The summed E-state index contributed by atoms with van der Waals surface area (Å²) in [5.74, 6) is 1.57. The van der Waals surface area contributed by atoms with Crippen LogP contribution in [-0.2, 0) is 11.2 Å². The van der Waals surface area contributed by atoms with Crippen molar-refractivity contribution in [2.45, 2.75) is 25.7 Å². The number of methoxy groups -OCH3 is 2. The second-order valence-corrected chi connectivity index (χ2v) is 8.03. The van der Waals surface area contributed by atoms with Gasteiger partial charge in [-0.15, -0.1) is 0 Å². The molecule has 1 aromatic heterocycles. The third kappa shape index (κ3) is 8.12. The number of rotatable bonds is 14. The van der Waals surface area contributed by atoms with Crippen LogP contribution in [0.2, 0.25) is 0 Å². The summed E-state index contributed by atoms with van der Waals surface area (Å²) in [5.41, 5.74) is 3.44. The maximum atomic E-state index is 12.0. The van der Waals surface area contributed by atoms with Crippen molar-refractivity contribution in [2.75, 3.05) is 33.9 Å². The summed E-state index contributed by atoms with van der Waals surface area (Å²) in [7, 11) is 3.30. The molecule has 3 rings (SSSR count). The fraction of sp³-hybridized carbons (Fsp3) is 0.321. The number of amides is 1. The van der Waals surface area contributed by atoms with Gasteiger partial charge in [-0.05, 0) is 79.9 Å². The molecule has 180 valence electrons. The Morgan fingerprint density at radius 1 is 0.912 bits per heavy atom. The number of nitrogens with zero attached hydrogens (tertiary/aromatic N) is 1. The van der Waals surface area contributed by atoms with Crippen molar-refractivity contribution in [1.29, 1.82) is 0 Å². The van der Waals surface area contributed by atoms with Crippen molar-refractivity contribution >= 4 is 12.0 Å². The van der Waals surface area contributed by atoms with Crippen LogP contribution in [0, 0.1) is 0 Å². The Hall–Kier alpha value is -3.51. The molecule has 0 spiro atoms. The molecule has 3 aromatic rings. The van der Waals surface area contributed by atoms with E-state index in [2.05, 4.69) is 45.5 Å². The quantitative estimate of drug-likeness (QED) is 0.344. The maximum absolute atomic E-state index is 12.0. The molecule has 0 aliphatic rings. The summed E-state index contributed by atoms with van der Waals surface area (Å²) in [6.07, 6.45) is 11.2. The monoisotopic (exact) mass is 461 g/mol. The van der Waals surface area contributed by atoms with E-state index in [1.807, 2.05) is 48.8 Å². The summed E-state index contributed by atoms with van der Waals surface area (Å²) in [6.45, 7) is 2.50. The topological polar surface area (TPSA) is 64.5 Å². The standard InChI is InChI=1S/C28H35N3O3/c1-33-26-16-13-24(22-27(26)34-2)9-6-17-29-18-7-19-30-28(32)10-5-8-23-11-14-25(15-12-23)31-20-3-4-21-31/h3-5,8,11-16,20-22,29H,6-7,9-10,17-19H2,1-2H3,(H,30,32)/b8-5+. The van der Waals surface area contributed by atoms with Crippen LogP contribution in [0.4, 0.5) is 0 Å². The van der Waals surface area contributed by atoms with Crippen LogP contribution >= 0.6 is 0 Å². The number of aromatic nitrogens is 1. The van der Waals surface area contributed by atoms with Crippen molar-refractivity contribution in [3.8, 4) is 17.2 Å². The molecule has 0 fully saturated rings. The summed E-state index contributed by atoms with van der Waals surface area (Å²) >= 11 is 0. The Morgan fingerprint density at radius 2 is 1.65 bits per heavy atom. The first kappa shape index (κ1) is 25.1. The number of hydrogen-bond acceptors (Lipinski definition) is 4. The van der Waals surface area contributed by atoms with E-state index in [-0.39, 0.29) is 5.91 Å². The predicted molar refractivity (Wildman–Crippen MR) is 138 cm³/mol. The van der Waals surface area contributed by atoms with Gasteiger partial charge in [-0.2, -0.15) is 0 Å². The molecule has 2 aromatic carbocycles. The minimum absolute atomic E-state index is 0.0497. The fourth-order valence-corrected chi connectivity index (χ4v) is 3.66. The number of hydrogen-bond donors (Lipinski definition) is 2. The molecule has 0 saturated heterocycles. The van der Waals surface area contributed by atoms with E-state index in [4.69, 9.17) is 9.47 Å². The Bertz CT molecular complexity index is 1030. The molecule has 0 aliphatic heterocycles. The van der Waals surface area contributed by atoms with E-state index < -0.39 is 0 Å². The number of aryl methyl sites for hydroxylation is 1. The first-order valence-corrected chi connectivity index (χ1v) is 11.8. The Kier molecular flexibility index (Phi) is 10.3. The second-order valence-electron chi connectivity index (χ2n) is 8.03. The van der Waals surface area contributed by atoms with Crippen LogP contribution in [0.3, 0.4) is 0 Å². The van der Waals surface area contributed by atoms with Crippen molar-refractivity contribution in [3.05, 3.63) is 84.2 Å². The van der Waals surface area contributed by atoms with E-state index >= 15 is 0 Å².